The Morgan fingerprint density at radius 2 is 2.26 bits per heavy atom. The summed E-state index contributed by atoms with van der Waals surface area (Å²) in [5.74, 6) is 0.472. The van der Waals surface area contributed by atoms with Gasteiger partial charge in [0.15, 0.2) is 4.34 Å². The van der Waals surface area contributed by atoms with Gasteiger partial charge in [-0.15, -0.1) is 22.0 Å². The first-order chi connectivity index (χ1) is 13.2. The zero-order valence-corrected chi connectivity index (χ0v) is 17.0. The molecule has 1 saturated heterocycles. The van der Waals surface area contributed by atoms with E-state index in [1.165, 1.54) is 34.9 Å². The molecule has 27 heavy (non-hydrogen) atoms. The summed E-state index contributed by atoms with van der Waals surface area (Å²) in [7, 11) is 0. The molecule has 1 amide bonds. The van der Waals surface area contributed by atoms with Crippen LogP contribution in [0.2, 0.25) is 0 Å². The molecule has 142 valence electrons. The Morgan fingerprint density at radius 3 is 3.07 bits per heavy atom. The Bertz CT molecular complexity index is 802. The number of aromatic nitrogens is 2. The van der Waals surface area contributed by atoms with Crippen molar-refractivity contribution in [2.45, 2.75) is 28.2 Å². The van der Waals surface area contributed by atoms with Gasteiger partial charge in [0.1, 0.15) is 0 Å². The van der Waals surface area contributed by atoms with Crippen LogP contribution >= 0.6 is 34.9 Å². The first-order valence-corrected chi connectivity index (χ1v) is 11.2. The molecule has 0 aliphatic carbocycles. The molecule has 1 aliphatic rings. The number of rotatable bonds is 9. The van der Waals surface area contributed by atoms with E-state index in [2.05, 4.69) is 26.9 Å². The highest BCUT2D eigenvalue weighted by molar-refractivity contribution is 8.01. The van der Waals surface area contributed by atoms with Crippen LogP contribution in [0.5, 0.6) is 0 Å². The SMILES string of the molecule is N#CCSc1ccccc1NC(=O)CSc1nnc(NCC2CCCO2)s1. The van der Waals surface area contributed by atoms with E-state index in [0.717, 1.165) is 46.0 Å². The molecule has 10 heteroatoms. The lowest BCUT2D eigenvalue weighted by Gasteiger charge is -2.09. The molecule has 2 aromatic rings. The second-order valence-corrected chi connectivity index (χ2v) is 8.89. The fraction of sp³-hybridized carbons (Fsp3) is 0.412. The monoisotopic (exact) mass is 421 g/mol. The molecule has 1 unspecified atom stereocenters. The summed E-state index contributed by atoms with van der Waals surface area (Å²) >= 11 is 4.19. The lowest BCUT2D eigenvalue weighted by atomic mass is 10.2. The van der Waals surface area contributed by atoms with E-state index in [9.17, 15) is 4.79 Å². The number of carbonyl (C=O) groups excluding carboxylic acids is 1. The molecule has 1 aromatic heterocycles. The van der Waals surface area contributed by atoms with E-state index < -0.39 is 0 Å². The molecular weight excluding hydrogens is 402 g/mol. The molecule has 1 aromatic carbocycles. The molecule has 1 atom stereocenters. The highest BCUT2D eigenvalue weighted by Crippen LogP contribution is 2.28. The number of nitrogens with zero attached hydrogens (tertiary/aromatic N) is 3. The minimum Gasteiger partial charge on any atom is -0.376 e. The Labute approximate surface area is 170 Å². The van der Waals surface area contributed by atoms with Gasteiger partial charge in [0, 0.05) is 18.0 Å². The Balaban J connectivity index is 1.45. The number of anilines is 2. The zero-order chi connectivity index (χ0) is 18.9. The fourth-order valence-corrected chi connectivity index (χ4v) is 4.69. The summed E-state index contributed by atoms with van der Waals surface area (Å²) in [5.41, 5.74) is 0.722. The van der Waals surface area contributed by atoms with Gasteiger partial charge < -0.3 is 15.4 Å². The molecular formula is C17H19N5O2S3. The van der Waals surface area contributed by atoms with E-state index in [1.54, 1.807) is 0 Å². The molecule has 2 N–H and O–H groups in total. The molecule has 0 spiro atoms. The van der Waals surface area contributed by atoms with Crippen molar-refractivity contribution in [1.29, 1.82) is 5.26 Å². The van der Waals surface area contributed by atoms with Crippen LogP contribution in [-0.4, -0.2) is 46.9 Å². The van der Waals surface area contributed by atoms with Gasteiger partial charge >= 0.3 is 0 Å². The van der Waals surface area contributed by atoms with Gasteiger partial charge in [-0.25, -0.2) is 0 Å². The van der Waals surface area contributed by atoms with Crippen molar-refractivity contribution < 1.29 is 9.53 Å². The highest BCUT2D eigenvalue weighted by Gasteiger charge is 2.16. The third-order valence-corrected chi connectivity index (χ3v) is 6.65. The number of nitrogens with one attached hydrogen (secondary N) is 2. The van der Waals surface area contributed by atoms with Gasteiger partial charge in [-0.1, -0.05) is 35.2 Å². The van der Waals surface area contributed by atoms with Crippen LogP contribution in [0.15, 0.2) is 33.5 Å². The topological polar surface area (TPSA) is 99.9 Å². The number of para-hydroxylation sites is 1. The number of amides is 1. The first kappa shape index (κ1) is 19.9. The zero-order valence-electron chi connectivity index (χ0n) is 14.5. The van der Waals surface area contributed by atoms with Gasteiger partial charge in [-0.05, 0) is 25.0 Å². The number of ether oxygens (including phenoxy) is 1. The van der Waals surface area contributed by atoms with E-state index in [0.29, 0.717) is 5.75 Å². The minimum absolute atomic E-state index is 0.117. The Morgan fingerprint density at radius 1 is 1.37 bits per heavy atom. The molecule has 1 fully saturated rings. The maximum atomic E-state index is 12.2. The molecule has 0 saturated carbocycles. The maximum Gasteiger partial charge on any atom is 0.234 e. The van der Waals surface area contributed by atoms with Crippen molar-refractivity contribution in [2.75, 3.05) is 35.3 Å². The molecule has 1 aliphatic heterocycles. The third kappa shape index (κ3) is 6.39. The van der Waals surface area contributed by atoms with Crippen molar-refractivity contribution in [3.05, 3.63) is 24.3 Å². The lowest BCUT2D eigenvalue weighted by Crippen LogP contribution is -2.18. The van der Waals surface area contributed by atoms with Crippen LogP contribution in [0.1, 0.15) is 12.8 Å². The summed E-state index contributed by atoms with van der Waals surface area (Å²) in [5, 5.41) is 23.8. The summed E-state index contributed by atoms with van der Waals surface area (Å²) in [6.45, 7) is 1.56. The van der Waals surface area contributed by atoms with Crippen molar-refractivity contribution in [3.63, 3.8) is 0 Å². The lowest BCUT2D eigenvalue weighted by molar-refractivity contribution is -0.113. The van der Waals surface area contributed by atoms with Crippen LogP contribution in [0.4, 0.5) is 10.8 Å². The third-order valence-electron chi connectivity index (χ3n) is 3.69. The fourth-order valence-electron chi connectivity index (χ4n) is 2.47. The van der Waals surface area contributed by atoms with Crippen LogP contribution in [0.3, 0.4) is 0 Å². The Kier molecular flexibility index (Phi) is 7.77. The number of thioether (sulfide) groups is 2. The van der Waals surface area contributed by atoms with E-state index >= 15 is 0 Å². The minimum atomic E-state index is -0.117. The number of hydrogen-bond donors (Lipinski definition) is 2. The van der Waals surface area contributed by atoms with Crippen molar-refractivity contribution in [2.24, 2.45) is 0 Å². The van der Waals surface area contributed by atoms with Crippen LogP contribution in [0, 0.1) is 11.3 Å². The second-order valence-electron chi connectivity index (χ2n) is 5.67. The number of carbonyl (C=O) groups is 1. The standard InChI is InChI=1S/C17H19N5O2S3/c18-7-9-25-14-6-2-1-5-13(14)20-15(23)11-26-17-22-21-16(27-17)19-10-12-4-3-8-24-12/h1-2,5-6,12H,3-4,8-11H2,(H,19,21)(H,20,23). The van der Waals surface area contributed by atoms with Crippen molar-refractivity contribution >= 4 is 51.6 Å². The van der Waals surface area contributed by atoms with Gasteiger partial charge in [-0.2, -0.15) is 5.26 Å². The van der Waals surface area contributed by atoms with Crippen molar-refractivity contribution in [3.8, 4) is 6.07 Å². The largest absolute Gasteiger partial charge is 0.376 e. The maximum absolute atomic E-state index is 12.2. The first-order valence-electron chi connectivity index (χ1n) is 8.45. The average Bonchev–Trinajstić information content (AvgIpc) is 3.36. The summed E-state index contributed by atoms with van der Waals surface area (Å²) < 4.78 is 6.31. The molecule has 3 rings (SSSR count). The van der Waals surface area contributed by atoms with E-state index in [1.807, 2.05) is 24.3 Å². The van der Waals surface area contributed by atoms with Gasteiger partial charge in [0.05, 0.1) is 29.4 Å². The van der Waals surface area contributed by atoms with E-state index in [4.69, 9.17) is 10.00 Å². The van der Waals surface area contributed by atoms with Gasteiger partial charge in [-0.3, -0.25) is 4.79 Å². The van der Waals surface area contributed by atoms with Crippen LogP contribution < -0.4 is 10.6 Å². The molecule has 0 radical (unpaired) electrons. The summed E-state index contributed by atoms with van der Waals surface area (Å²) in [6.07, 6.45) is 2.42. The predicted molar refractivity (Wildman–Crippen MR) is 110 cm³/mol. The van der Waals surface area contributed by atoms with Gasteiger partial charge in [0.2, 0.25) is 11.0 Å². The summed E-state index contributed by atoms with van der Waals surface area (Å²) in [4.78, 5) is 13.1. The predicted octanol–water partition coefficient (Wildman–Crippen LogP) is 3.48. The molecule has 0 bridgehead atoms. The number of nitriles is 1. The normalized spacial score (nSPS) is 16.0. The second kappa shape index (κ2) is 10.5. The average molecular weight is 422 g/mol. The summed E-state index contributed by atoms with van der Waals surface area (Å²) in [6, 6.07) is 9.56. The van der Waals surface area contributed by atoms with E-state index in [-0.39, 0.29) is 17.8 Å². The smallest absolute Gasteiger partial charge is 0.234 e. The van der Waals surface area contributed by atoms with Crippen LogP contribution in [-0.2, 0) is 9.53 Å². The quantitative estimate of drug-likeness (QED) is 0.594. The number of benzene rings is 1. The van der Waals surface area contributed by atoms with Crippen molar-refractivity contribution in [1.82, 2.24) is 10.2 Å². The number of hydrogen-bond acceptors (Lipinski definition) is 9. The Hall–Kier alpha value is -1.80. The van der Waals surface area contributed by atoms with Gasteiger partial charge in [0.25, 0.3) is 0 Å². The highest BCUT2D eigenvalue weighted by atomic mass is 32.2. The molecule has 2 heterocycles. The molecule has 7 nitrogen and oxygen atoms in total. The van der Waals surface area contributed by atoms with Crippen LogP contribution in [0.25, 0.3) is 0 Å².